The number of hydrogen-bond donors (Lipinski definition) is 2. The Morgan fingerprint density at radius 1 is 1.50 bits per heavy atom. The Balaban J connectivity index is 1.95. The Morgan fingerprint density at radius 3 is 3.05 bits per heavy atom. The first-order valence-electron chi connectivity index (χ1n) is 5.74. The maximum absolute atomic E-state index is 9.11. The summed E-state index contributed by atoms with van der Waals surface area (Å²) in [5.74, 6) is 0.613. The van der Waals surface area contributed by atoms with Crippen LogP contribution in [0, 0.1) is 18.3 Å². The number of aromatic nitrogens is 2. The van der Waals surface area contributed by atoms with Crippen molar-refractivity contribution in [2.75, 3.05) is 4.72 Å². The van der Waals surface area contributed by atoms with E-state index in [0.29, 0.717) is 27.0 Å². The van der Waals surface area contributed by atoms with Gasteiger partial charge in [-0.2, -0.15) is 5.26 Å². The molecule has 100 valence electrons. The van der Waals surface area contributed by atoms with Crippen molar-refractivity contribution in [2.24, 2.45) is 0 Å². The number of oxazole rings is 1. The predicted octanol–water partition coefficient (Wildman–Crippen LogP) is 4.11. The third-order valence-corrected chi connectivity index (χ3v) is 3.78. The molecule has 7 heteroatoms. The quantitative estimate of drug-likeness (QED) is 0.712. The maximum Gasteiger partial charge on any atom is 0.201 e. The van der Waals surface area contributed by atoms with Gasteiger partial charge in [0, 0.05) is 30.5 Å². The van der Waals surface area contributed by atoms with Gasteiger partial charge in [-0.3, -0.25) is 0 Å². The smallest absolute Gasteiger partial charge is 0.201 e. The molecule has 0 radical (unpaired) electrons. The highest BCUT2D eigenvalue weighted by molar-refractivity contribution is 8.00. The van der Waals surface area contributed by atoms with Gasteiger partial charge in [-0.25, -0.2) is 4.98 Å². The number of nitriles is 1. The normalized spacial score (nSPS) is 10.7. The fourth-order valence-electron chi connectivity index (χ4n) is 1.88. The van der Waals surface area contributed by atoms with E-state index in [4.69, 9.17) is 21.3 Å². The Bertz CT molecular complexity index is 817. The lowest BCUT2D eigenvalue weighted by Crippen LogP contribution is -1.89. The minimum absolute atomic E-state index is 0.528. The van der Waals surface area contributed by atoms with Gasteiger partial charge in [0.1, 0.15) is 0 Å². The van der Waals surface area contributed by atoms with Crippen molar-refractivity contribution in [3.63, 3.8) is 0 Å². The number of nitrogens with zero attached hydrogens (tertiary/aromatic N) is 2. The number of H-pyrrole nitrogens is 1. The van der Waals surface area contributed by atoms with Gasteiger partial charge >= 0.3 is 0 Å². The van der Waals surface area contributed by atoms with Gasteiger partial charge in [0.15, 0.2) is 5.89 Å². The largest absolute Gasteiger partial charge is 0.433 e. The lowest BCUT2D eigenvalue weighted by Gasteiger charge is -2.05. The highest BCUT2D eigenvalue weighted by atomic mass is 35.5. The summed E-state index contributed by atoms with van der Waals surface area (Å²) in [7, 11) is 0. The Morgan fingerprint density at radius 2 is 2.35 bits per heavy atom. The molecule has 0 saturated carbocycles. The van der Waals surface area contributed by atoms with E-state index in [1.807, 2.05) is 6.07 Å². The molecule has 0 amide bonds. The van der Waals surface area contributed by atoms with Crippen LogP contribution in [-0.2, 0) is 0 Å². The van der Waals surface area contributed by atoms with E-state index in [1.165, 1.54) is 11.9 Å². The van der Waals surface area contributed by atoms with Gasteiger partial charge in [0.2, 0.25) is 5.09 Å². The van der Waals surface area contributed by atoms with Crippen molar-refractivity contribution < 1.29 is 4.42 Å². The molecule has 0 aliphatic carbocycles. The number of anilines is 1. The average Bonchev–Trinajstić information content (AvgIpc) is 3.03. The molecule has 0 unspecified atom stereocenters. The topological polar surface area (TPSA) is 77.6 Å². The van der Waals surface area contributed by atoms with Crippen molar-refractivity contribution in [3.05, 3.63) is 41.0 Å². The summed E-state index contributed by atoms with van der Waals surface area (Å²) < 4.78 is 8.53. The molecule has 0 spiro atoms. The summed E-state index contributed by atoms with van der Waals surface area (Å²) >= 11 is 7.41. The van der Waals surface area contributed by atoms with Crippen LogP contribution in [0.5, 0.6) is 0 Å². The van der Waals surface area contributed by atoms with E-state index in [1.54, 1.807) is 25.4 Å². The third-order valence-electron chi connectivity index (χ3n) is 2.77. The van der Waals surface area contributed by atoms with Crippen LogP contribution in [0.4, 0.5) is 5.69 Å². The highest BCUT2D eigenvalue weighted by Gasteiger charge is 2.12. The van der Waals surface area contributed by atoms with Crippen LogP contribution in [-0.4, -0.2) is 9.97 Å². The second-order valence-electron chi connectivity index (χ2n) is 4.06. The number of nitrogens with one attached hydrogen (secondary N) is 2. The predicted molar refractivity (Wildman–Crippen MR) is 78.7 cm³/mol. The second kappa shape index (κ2) is 5.12. The zero-order chi connectivity index (χ0) is 14.1. The number of hydrogen-bond acceptors (Lipinski definition) is 5. The molecule has 5 nitrogen and oxygen atoms in total. The molecular formula is C13H9ClN4OS. The minimum atomic E-state index is 0.528. The lowest BCUT2D eigenvalue weighted by molar-refractivity contribution is 0.442. The van der Waals surface area contributed by atoms with Crippen molar-refractivity contribution >= 4 is 40.1 Å². The Labute approximate surface area is 124 Å². The fraction of sp³-hybridized carbons (Fsp3) is 0.0769. The molecular weight excluding hydrogens is 296 g/mol. The molecule has 3 aromatic rings. The SMILES string of the molecule is Cc1ncc(SNc2ccc(C#N)c3c(Cl)c[nH]c23)o1. The molecule has 0 saturated heterocycles. The first-order chi connectivity index (χ1) is 9.69. The maximum atomic E-state index is 9.11. The zero-order valence-corrected chi connectivity index (χ0v) is 12.0. The van der Waals surface area contributed by atoms with Crippen LogP contribution in [0.2, 0.25) is 5.02 Å². The van der Waals surface area contributed by atoms with Crippen molar-refractivity contribution in [2.45, 2.75) is 12.0 Å². The van der Waals surface area contributed by atoms with Crippen LogP contribution < -0.4 is 4.72 Å². The van der Waals surface area contributed by atoms with Gasteiger partial charge in [0.25, 0.3) is 0 Å². The van der Waals surface area contributed by atoms with Gasteiger partial charge in [-0.1, -0.05) is 11.6 Å². The van der Waals surface area contributed by atoms with Crippen LogP contribution >= 0.6 is 23.5 Å². The van der Waals surface area contributed by atoms with E-state index < -0.39 is 0 Å². The lowest BCUT2D eigenvalue weighted by atomic mass is 10.1. The molecule has 0 aliphatic heterocycles. The molecule has 0 fully saturated rings. The zero-order valence-electron chi connectivity index (χ0n) is 10.4. The molecule has 0 atom stereocenters. The minimum Gasteiger partial charge on any atom is -0.433 e. The summed E-state index contributed by atoms with van der Waals surface area (Å²) in [4.78, 5) is 7.09. The van der Waals surface area contributed by atoms with Crippen LogP contribution in [0.1, 0.15) is 11.5 Å². The molecule has 3 rings (SSSR count). The van der Waals surface area contributed by atoms with E-state index in [9.17, 15) is 0 Å². The molecule has 2 aromatic heterocycles. The van der Waals surface area contributed by atoms with Crippen LogP contribution in [0.25, 0.3) is 10.9 Å². The second-order valence-corrected chi connectivity index (χ2v) is 5.28. The fourth-order valence-corrected chi connectivity index (χ4v) is 2.78. The van der Waals surface area contributed by atoms with Crippen molar-refractivity contribution in [3.8, 4) is 6.07 Å². The van der Waals surface area contributed by atoms with Gasteiger partial charge in [-0.15, -0.1) is 0 Å². The summed E-state index contributed by atoms with van der Waals surface area (Å²) in [5, 5.41) is 11.0. The Hall–Kier alpha value is -2.10. The average molecular weight is 305 g/mol. The van der Waals surface area contributed by atoms with Gasteiger partial charge in [-0.05, 0) is 12.1 Å². The first kappa shape index (κ1) is 12.9. The summed E-state index contributed by atoms with van der Waals surface area (Å²) in [6, 6.07) is 5.69. The van der Waals surface area contributed by atoms with Crippen molar-refractivity contribution in [1.29, 1.82) is 5.26 Å². The van der Waals surface area contributed by atoms with E-state index in [0.717, 1.165) is 11.2 Å². The highest BCUT2D eigenvalue weighted by Crippen LogP contribution is 2.33. The molecule has 0 aliphatic rings. The van der Waals surface area contributed by atoms with E-state index in [2.05, 4.69) is 20.8 Å². The number of fused-ring (bicyclic) bond motifs is 1. The monoisotopic (exact) mass is 304 g/mol. The Kier molecular flexibility index (Phi) is 3.30. The summed E-state index contributed by atoms with van der Waals surface area (Å²) in [5.41, 5.74) is 2.15. The van der Waals surface area contributed by atoms with E-state index in [-0.39, 0.29) is 0 Å². The standard InChI is InChI=1S/C13H9ClN4OS/c1-7-16-6-11(19-7)20-18-10-3-2-8(4-15)12-9(14)5-17-13(10)12/h2-3,5-6,17-18H,1H3. The van der Waals surface area contributed by atoms with Gasteiger partial charge in [0.05, 0.1) is 34.1 Å². The number of benzene rings is 1. The number of rotatable bonds is 3. The summed E-state index contributed by atoms with van der Waals surface area (Å²) in [6.45, 7) is 1.79. The first-order valence-corrected chi connectivity index (χ1v) is 6.93. The molecule has 1 aromatic carbocycles. The number of aryl methyl sites for hydroxylation is 1. The van der Waals surface area contributed by atoms with Crippen LogP contribution in [0.15, 0.2) is 34.0 Å². The van der Waals surface area contributed by atoms with Gasteiger partial charge < -0.3 is 14.1 Å². The number of halogens is 1. The molecule has 2 N–H and O–H groups in total. The molecule has 2 heterocycles. The summed E-state index contributed by atoms with van der Waals surface area (Å²) in [6.07, 6.45) is 3.32. The van der Waals surface area contributed by atoms with E-state index >= 15 is 0 Å². The molecule has 20 heavy (non-hydrogen) atoms. The van der Waals surface area contributed by atoms with Crippen LogP contribution in [0.3, 0.4) is 0 Å². The third kappa shape index (κ3) is 2.22. The number of aromatic amines is 1. The molecule has 0 bridgehead atoms. The van der Waals surface area contributed by atoms with Crippen molar-refractivity contribution in [1.82, 2.24) is 9.97 Å².